The third-order valence-electron chi connectivity index (χ3n) is 5.41. The Morgan fingerprint density at radius 3 is 2.55 bits per heavy atom. The Labute approximate surface area is 176 Å². The molecule has 2 aromatic carbocycles. The molecule has 1 aliphatic rings. The van der Waals surface area contributed by atoms with E-state index in [0.717, 1.165) is 6.42 Å². The van der Waals surface area contributed by atoms with Gasteiger partial charge in [-0.15, -0.1) is 11.3 Å². The lowest BCUT2D eigenvalue weighted by Gasteiger charge is -2.41. The van der Waals surface area contributed by atoms with Crippen LogP contribution in [0.2, 0.25) is 0 Å². The van der Waals surface area contributed by atoms with Gasteiger partial charge in [-0.05, 0) is 60.2 Å². The smallest absolute Gasteiger partial charge is 0.240 e. The first-order chi connectivity index (χ1) is 14.0. The monoisotopic (exact) mass is 427 g/mol. The van der Waals surface area contributed by atoms with Crippen LogP contribution < -0.4 is 10.5 Å². The summed E-state index contributed by atoms with van der Waals surface area (Å²) < 4.78 is 28.0. The van der Waals surface area contributed by atoms with Crippen LogP contribution in [-0.4, -0.2) is 32.4 Å². The molecule has 0 saturated heterocycles. The summed E-state index contributed by atoms with van der Waals surface area (Å²) in [6.45, 7) is 3.19. The van der Waals surface area contributed by atoms with E-state index in [1.54, 1.807) is 23.5 Å². The summed E-state index contributed by atoms with van der Waals surface area (Å²) in [4.78, 5) is 3.99. The Morgan fingerprint density at radius 1 is 1.10 bits per heavy atom. The zero-order valence-electron chi connectivity index (χ0n) is 16.3. The summed E-state index contributed by atoms with van der Waals surface area (Å²) in [5, 5.41) is 2.15. The first kappa shape index (κ1) is 20.1. The van der Waals surface area contributed by atoms with Gasteiger partial charge in [0.1, 0.15) is 0 Å². The minimum Gasteiger partial charge on any atom is -0.399 e. The highest BCUT2D eigenvalue weighted by molar-refractivity contribution is 7.89. The van der Waals surface area contributed by atoms with Gasteiger partial charge in [0.25, 0.3) is 0 Å². The lowest BCUT2D eigenvalue weighted by atomic mass is 9.91. The zero-order chi connectivity index (χ0) is 20.4. The average molecular weight is 428 g/mol. The van der Waals surface area contributed by atoms with Gasteiger partial charge in [-0.2, -0.15) is 0 Å². The van der Waals surface area contributed by atoms with Crippen LogP contribution in [0.25, 0.3) is 0 Å². The number of anilines is 1. The average Bonchev–Trinajstić information content (AvgIpc) is 3.17. The van der Waals surface area contributed by atoms with Crippen molar-refractivity contribution >= 4 is 27.0 Å². The Balaban J connectivity index is 1.53. The number of fused-ring (bicyclic) bond motifs is 1. The minimum absolute atomic E-state index is 0.149. The van der Waals surface area contributed by atoms with Crippen molar-refractivity contribution in [2.75, 3.05) is 18.8 Å². The van der Waals surface area contributed by atoms with E-state index in [9.17, 15) is 8.42 Å². The molecule has 0 bridgehead atoms. The molecular weight excluding hydrogens is 402 g/mol. The predicted octanol–water partition coefficient (Wildman–Crippen LogP) is 3.64. The molecule has 2 unspecified atom stereocenters. The largest absolute Gasteiger partial charge is 0.399 e. The van der Waals surface area contributed by atoms with E-state index in [1.165, 1.54) is 28.1 Å². The van der Waals surface area contributed by atoms with Gasteiger partial charge in [0.15, 0.2) is 0 Å². The highest BCUT2D eigenvalue weighted by Crippen LogP contribution is 2.40. The molecule has 0 aliphatic carbocycles. The molecule has 0 saturated carbocycles. The molecule has 3 aromatic rings. The number of rotatable bonds is 6. The highest BCUT2D eigenvalue weighted by Gasteiger charge is 2.34. The van der Waals surface area contributed by atoms with Crippen LogP contribution in [0.4, 0.5) is 5.69 Å². The second kappa shape index (κ2) is 8.28. The summed E-state index contributed by atoms with van der Waals surface area (Å²) in [5.41, 5.74) is 8.85. The molecule has 4 rings (SSSR count). The summed E-state index contributed by atoms with van der Waals surface area (Å²) >= 11 is 1.78. The van der Waals surface area contributed by atoms with E-state index in [4.69, 9.17) is 5.73 Å². The highest BCUT2D eigenvalue weighted by atomic mass is 32.2. The molecule has 7 heteroatoms. The maximum atomic E-state index is 12.6. The van der Waals surface area contributed by atoms with Crippen LogP contribution in [0.1, 0.15) is 29.0 Å². The van der Waals surface area contributed by atoms with Gasteiger partial charge in [-0.3, -0.25) is 4.90 Å². The van der Waals surface area contributed by atoms with E-state index < -0.39 is 10.0 Å². The molecule has 0 amide bonds. The van der Waals surface area contributed by atoms with Crippen LogP contribution >= 0.6 is 11.3 Å². The maximum Gasteiger partial charge on any atom is 0.240 e. The Morgan fingerprint density at radius 2 is 1.83 bits per heavy atom. The van der Waals surface area contributed by atoms with Crippen molar-refractivity contribution in [3.05, 3.63) is 82.0 Å². The molecule has 152 valence electrons. The van der Waals surface area contributed by atoms with E-state index in [2.05, 4.69) is 52.3 Å². The van der Waals surface area contributed by atoms with Crippen molar-refractivity contribution in [3.63, 3.8) is 0 Å². The predicted molar refractivity (Wildman–Crippen MR) is 119 cm³/mol. The molecule has 1 aromatic heterocycles. The first-order valence-corrected chi connectivity index (χ1v) is 12.0. The van der Waals surface area contributed by atoms with E-state index in [1.807, 2.05) is 6.07 Å². The van der Waals surface area contributed by atoms with Crippen LogP contribution in [0.15, 0.2) is 70.9 Å². The van der Waals surface area contributed by atoms with E-state index in [0.29, 0.717) is 24.8 Å². The molecule has 5 nitrogen and oxygen atoms in total. The number of hydrogen-bond donors (Lipinski definition) is 2. The van der Waals surface area contributed by atoms with Crippen molar-refractivity contribution in [2.24, 2.45) is 0 Å². The number of sulfonamides is 1. The van der Waals surface area contributed by atoms with Crippen LogP contribution in [0.5, 0.6) is 0 Å². The van der Waals surface area contributed by atoms with Gasteiger partial charge < -0.3 is 5.73 Å². The van der Waals surface area contributed by atoms with Gasteiger partial charge in [-0.25, -0.2) is 13.1 Å². The molecule has 0 spiro atoms. The van der Waals surface area contributed by atoms with Gasteiger partial charge in [-0.1, -0.05) is 30.3 Å². The van der Waals surface area contributed by atoms with Crippen LogP contribution in [0, 0.1) is 0 Å². The van der Waals surface area contributed by atoms with Crippen molar-refractivity contribution in [3.8, 4) is 0 Å². The summed E-state index contributed by atoms with van der Waals surface area (Å²) in [5.74, 6) is 0. The Hall–Kier alpha value is -2.19. The number of nitrogens with zero attached hydrogens (tertiary/aromatic N) is 1. The zero-order valence-corrected chi connectivity index (χ0v) is 17.9. The van der Waals surface area contributed by atoms with Crippen molar-refractivity contribution < 1.29 is 8.42 Å². The first-order valence-electron chi connectivity index (χ1n) is 9.68. The van der Waals surface area contributed by atoms with Gasteiger partial charge in [0, 0.05) is 29.7 Å². The lowest BCUT2D eigenvalue weighted by Crippen LogP contribution is -2.45. The number of thiophene rings is 1. The van der Waals surface area contributed by atoms with E-state index in [-0.39, 0.29) is 10.9 Å². The van der Waals surface area contributed by atoms with Crippen LogP contribution in [0.3, 0.4) is 0 Å². The molecule has 1 aliphatic heterocycles. The topological polar surface area (TPSA) is 75.4 Å². The molecule has 2 heterocycles. The third-order valence-corrected chi connectivity index (χ3v) is 7.90. The number of nitrogen functional groups attached to an aromatic ring is 1. The molecule has 2 atom stereocenters. The normalized spacial score (nSPS) is 19.8. The van der Waals surface area contributed by atoms with Gasteiger partial charge in [0.2, 0.25) is 10.0 Å². The molecule has 29 heavy (non-hydrogen) atoms. The van der Waals surface area contributed by atoms with Crippen LogP contribution in [-0.2, 0) is 16.4 Å². The molecule has 0 fully saturated rings. The van der Waals surface area contributed by atoms with Crippen molar-refractivity contribution in [1.29, 1.82) is 0 Å². The molecule has 3 N–H and O–H groups in total. The fourth-order valence-electron chi connectivity index (χ4n) is 3.96. The fourth-order valence-corrected chi connectivity index (χ4v) is 6.07. The third kappa shape index (κ3) is 4.23. The fraction of sp³-hybridized carbons (Fsp3) is 0.273. The minimum atomic E-state index is -3.56. The maximum absolute atomic E-state index is 12.6. The number of nitrogens with one attached hydrogen (secondary N) is 1. The quantitative estimate of drug-likeness (QED) is 0.589. The summed E-state index contributed by atoms with van der Waals surface area (Å²) in [6.07, 6.45) is 0.979. The second-order valence-corrected chi connectivity index (χ2v) is 10.1. The summed E-state index contributed by atoms with van der Waals surface area (Å²) in [7, 11) is -3.56. The molecule has 0 radical (unpaired) electrons. The molecular formula is C22H25N3O2S2. The van der Waals surface area contributed by atoms with Crippen molar-refractivity contribution in [1.82, 2.24) is 9.62 Å². The van der Waals surface area contributed by atoms with Crippen molar-refractivity contribution in [2.45, 2.75) is 30.3 Å². The van der Waals surface area contributed by atoms with Gasteiger partial charge >= 0.3 is 0 Å². The number of hydrogen-bond acceptors (Lipinski definition) is 5. The number of benzene rings is 2. The SMILES string of the molecule is CC1Cc2ccsc2C(c2ccccc2)N1CCNS(=O)(=O)c1ccc(N)cc1. The standard InChI is InChI=1S/C22H25N3O2S2/c1-16-15-18-11-14-28-22(18)21(17-5-3-2-4-6-17)25(16)13-12-24-29(26,27)20-9-7-19(23)8-10-20/h2-11,14,16,21,24H,12-13,15,23H2,1H3. The summed E-state index contributed by atoms with van der Waals surface area (Å²) in [6, 6.07) is 19.4. The van der Waals surface area contributed by atoms with E-state index >= 15 is 0 Å². The lowest BCUT2D eigenvalue weighted by molar-refractivity contribution is 0.157. The van der Waals surface area contributed by atoms with Gasteiger partial charge in [0.05, 0.1) is 10.9 Å². The Bertz CT molecular complexity index is 1060. The Kier molecular flexibility index (Phi) is 5.74. The number of nitrogens with two attached hydrogens (primary N) is 1. The second-order valence-electron chi connectivity index (χ2n) is 7.38.